The number of ether oxygens (including phenoxy) is 8. The molecule has 4 fully saturated rings. The van der Waals surface area contributed by atoms with Crippen LogP contribution in [0.2, 0.25) is 19.6 Å². The van der Waals surface area contributed by atoms with Crippen LogP contribution in [0.3, 0.4) is 0 Å². The first-order chi connectivity index (χ1) is 37.5. The van der Waals surface area contributed by atoms with Crippen LogP contribution >= 0.6 is 0 Å². The van der Waals surface area contributed by atoms with Crippen molar-refractivity contribution in [3.05, 3.63) is 47.6 Å². The van der Waals surface area contributed by atoms with Gasteiger partial charge in [0.15, 0.2) is 25.7 Å². The lowest BCUT2D eigenvalue weighted by molar-refractivity contribution is -0.283. The van der Waals surface area contributed by atoms with Crippen LogP contribution in [0.15, 0.2) is 47.6 Å². The first-order valence-electron chi connectivity index (χ1n) is 29.4. The van der Waals surface area contributed by atoms with Crippen LogP contribution in [0, 0.1) is 40.9 Å². The van der Waals surface area contributed by atoms with Crippen molar-refractivity contribution in [2.24, 2.45) is 40.9 Å². The first kappa shape index (κ1) is 67.1. The van der Waals surface area contributed by atoms with Crippen molar-refractivity contribution in [1.29, 1.82) is 0 Å². The molecule has 80 heavy (non-hydrogen) atoms. The second-order valence-corrected chi connectivity index (χ2v) is 30.2. The Morgan fingerprint density at radius 2 is 1.52 bits per heavy atom. The van der Waals surface area contributed by atoms with E-state index in [4.69, 9.17) is 42.3 Å². The second-order valence-electron chi connectivity index (χ2n) is 25.7. The number of methoxy groups -OCH3 is 3. The van der Waals surface area contributed by atoms with Crippen molar-refractivity contribution in [2.75, 3.05) is 41.1 Å². The normalized spacial score (nSPS) is 35.6. The van der Waals surface area contributed by atoms with Gasteiger partial charge in [0.05, 0.1) is 37.6 Å². The van der Waals surface area contributed by atoms with E-state index in [9.17, 15) is 33.9 Å². The van der Waals surface area contributed by atoms with Crippen molar-refractivity contribution >= 4 is 43.5 Å². The highest BCUT2D eigenvalue weighted by molar-refractivity contribution is 6.69. The molecule has 5 rings (SSSR count). The number of aliphatic hydroxyl groups is 1. The number of hydrogen-bond donors (Lipinski definition) is 1. The molecule has 15 atom stereocenters. The number of ketones is 3. The van der Waals surface area contributed by atoms with Crippen LogP contribution in [0.1, 0.15) is 146 Å². The number of carbonyl (C=O) groups is 6. The number of cyclic esters (lactones) is 1. The summed E-state index contributed by atoms with van der Waals surface area (Å²) in [7, 11) is 2.38. The molecule has 2 bridgehead atoms. The zero-order valence-corrected chi connectivity index (χ0v) is 52.2. The Balaban J connectivity index is 1.48. The van der Waals surface area contributed by atoms with E-state index in [2.05, 4.69) is 6.92 Å². The number of amides is 1. The van der Waals surface area contributed by atoms with Gasteiger partial charge < -0.3 is 52.3 Å². The maximum atomic E-state index is 14.8. The summed E-state index contributed by atoms with van der Waals surface area (Å²) in [5.41, 5.74) is 0.289. The third-order valence-corrected chi connectivity index (χ3v) is 18.1. The maximum absolute atomic E-state index is 14.8. The Bertz CT molecular complexity index is 2260. The molecular formula is C62H99NO16Si. The van der Waals surface area contributed by atoms with Gasteiger partial charge in [-0.25, -0.2) is 4.79 Å². The van der Waals surface area contributed by atoms with Gasteiger partial charge in [0.1, 0.15) is 29.8 Å². The number of piperidine rings is 1. The van der Waals surface area contributed by atoms with Gasteiger partial charge in [-0.3, -0.25) is 24.0 Å². The molecule has 1 N–H and O–H groups in total. The summed E-state index contributed by atoms with van der Waals surface area (Å²) in [6.07, 6.45) is 12.0. The standard InChI is InChI=1S/C62H99NO16Si/c1-38-22-18-17-19-23-39(2)50(71-11)34-46-27-25-44(7)62(70,78-46)56(66)57(67)63-29-21-20-24-47(63)58(68)76-51(35-48(64)40(3)31-43(6)54(79-80(14,15)16)55(73-13)53(65)42(5)30-38)41(4)32-45-26-28-49(52(33-45)72-12)77-59(69)61(10)36-74-60(8,9)75-37-61/h17-19,22-23,31,38,41-47,49-52,54-55,70H,20-21,24-30,32-37H2,1-16H3/t38-,41-,42-,43?,44-,45+,46+,47+,49-,50+,51+,52-,54-,55+,62-/m1/s1/i12+1. The number of allylic oxidation sites excluding steroid dienone is 6. The van der Waals surface area contributed by atoms with E-state index in [1.165, 1.54) is 12.0 Å². The monoisotopic (exact) mass is 1140 g/mol. The Morgan fingerprint density at radius 3 is 2.16 bits per heavy atom. The molecule has 1 amide bonds. The quantitative estimate of drug-likeness (QED) is 0.0935. The van der Waals surface area contributed by atoms with E-state index in [1.54, 1.807) is 48.8 Å². The smallest absolute Gasteiger partial charge is 0.329 e. The van der Waals surface area contributed by atoms with Crippen LogP contribution in [0.25, 0.3) is 0 Å². The summed E-state index contributed by atoms with van der Waals surface area (Å²) in [5.74, 6) is -8.89. The third kappa shape index (κ3) is 17.9. The minimum absolute atomic E-state index is 0.0236. The number of Topliss-reactive ketones (excluding diaryl/α,β-unsaturated/α-hetero) is 3. The molecule has 0 aromatic rings. The first-order valence-corrected chi connectivity index (χ1v) is 32.8. The van der Waals surface area contributed by atoms with Crippen LogP contribution in [-0.4, -0.2) is 155 Å². The Kier molecular flexibility index (Phi) is 24.5. The van der Waals surface area contributed by atoms with Gasteiger partial charge in [0.25, 0.3) is 11.7 Å². The van der Waals surface area contributed by atoms with Gasteiger partial charge in [-0.05, 0) is 147 Å². The summed E-state index contributed by atoms with van der Waals surface area (Å²) >= 11 is 0. The Morgan fingerprint density at radius 1 is 0.838 bits per heavy atom. The van der Waals surface area contributed by atoms with Crippen LogP contribution in [0.5, 0.6) is 0 Å². The van der Waals surface area contributed by atoms with E-state index in [0.717, 1.165) is 5.57 Å². The number of esters is 2. The van der Waals surface area contributed by atoms with Crippen molar-refractivity contribution in [3.63, 3.8) is 0 Å². The summed E-state index contributed by atoms with van der Waals surface area (Å²) < 4.78 is 55.1. The third-order valence-electron chi connectivity index (χ3n) is 17.2. The average molecular weight is 1140 g/mol. The molecule has 0 aromatic carbocycles. The molecule has 4 heterocycles. The molecule has 3 saturated heterocycles. The number of rotatable bonds is 10. The van der Waals surface area contributed by atoms with Gasteiger partial charge in [0.2, 0.25) is 5.79 Å². The fraction of sp³-hybridized carbons (Fsp3) is 0.774. The van der Waals surface area contributed by atoms with E-state index >= 15 is 0 Å². The molecule has 5 aliphatic rings. The van der Waals surface area contributed by atoms with E-state index < -0.39 is 115 Å². The highest BCUT2D eigenvalue weighted by Gasteiger charge is 2.53. The van der Waals surface area contributed by atoms with Gasteiger partial charge in [0, 0.05) is 58.5 Å². The summed E-state index contributed by atoms with van der Waals surface area (Å²) in [4.78, 5) is 87.6. The zero-order valence-electron chi connectivity index (χ0n) is 51.2. The van der Waals surface area contributed by atoms with Gasteiger partial charge in [-0.15, -0.1) is 0 Å². The highest BCUT2D eigenvalue weighted by Crippen LogP contribution is 2.40. The zero-order chi connectivity index (χ0) is 59.5. The molecule has 0 aromatic heterocycles. The van der Waals surface area contributed by atoms with Crippen molar-refractivity contribution in [3.8, 4) is 0 Å². The molecule has 17 nitrogen and oxygen atoms in total. The lowest BCUT2D eigenvalue weighted by Crippen LogP contribution is -2.61. The highest BCUT2D eigenvalue weighted by atomic mass is 28.4. The number of nitrogens with zero attached hydrogens (tertiary/aromatic N) is 1. The summed E-state index contributed by atoms with van der Waals surface area (Å²) in [5, 5.41) is 12.1. The van der Waals surface area contributed by atoms with Gasteiger partial charge in [-0.1, -0.05) is 71.1 Å². The Hall–Kier alpha value is -3.72. The molecule has 452 valence electrons. The molecule has 1 unspecified atom stereocenters. The summed E-state index contributed by atoms with van der Waals surface area (Å²) in [6, 6.07) is -1.17. The fourth-order valence-corrected chi connectivity index (χ4v) is 13.1. The van der Waals surface area contributed by atoms with E-state index in [0.29, 0.717) is 69.8 Å². The summed E-state index contributed by atoms with van der Waals surface area (Å²) in [6.45, 7) is 25.0. The molecule has 0 radical (unpaired) electrons. The molecular weight excluding hydrogens is 1040 g/mol. The molecule has 18 heteroatoms. The molecule has 0 spiro atoms. The largest absolute Gasteiger partial charge is 0.460 e. The van der Waals surface area contributed by atoms with E-state index in [-0.39, 0.29) is 61.9 Å². The van der Waals surface area contributed by atoms with E-state index in [1.807, 2.05) is 83.8 Å². The minimum atomic E-state index is -2.45. The predicted molar refractivity (Wildman–Crippen MR) is 305 cm³/mol. The Labute approximate surface area is 478 Å². The van der Waals surface area contributed by atoms with Crippen molar-refractivity contribution in [2.45, 2.75) is 226 Å². The lowest BCUT2D eigenvalue weighted by Gasteiger charge is -2.43. The van der Waals surface area contributed by atoms with Gasteiger partial charge in [-0.2, -0.15) is 0 Å². The predicted octanol–water partition coefficient (Wildman–Crippen LogP) is 9.38. The minimum Gasteiger partial charge on any atom is -0.460 e. The van der Waals surface area contributed by atoms with Crippen LogP contribution in [0.4, 0.5) is 0 Å². The molecule has 1 aliphatic carbocycles. The van der Waals surface area contributed by atoms with Crippen molar-refractivity contribution < 1.29 is 76.2 Å². The number of hydrogen-bond acceptors (Lipinski definition) is 16. The number of fused-ring (bicyclic) bond motifs is 3. The number of carbonyl (C=O) groups excluding carboxylic acids is 6. The average Bonchev–Trinajstić information content (AvgIpc) is 3.40. The topological polar surface area (TPSA) is 209 Å². The maximum Gasteiger partial charge on any atom is 0.329 e. The fourth-order valence-electron chi connectivity index (χ4n) is 12.0. The van der Waals surface area contributed by atoms with Crippen LogP contribution < -0.4 is 0 Å². The lowest BCUT2D eigenvalue weighted by atomic mass is 9.78. The molecule has 4 aliphatic heterocycles. The van der Waals surface area contributed by atoms with Gasteiger partial charge >= 0.3 is 11.9 Å². The van der Waals surface area contributed by atoms with Crippen LogP contribution in [-0.2, 0) is 71.1 Å². The van der Waals surface area contributed by atoms with Crippen molar-refractivity contribution in [1.82, 2.24) is 4.90 Å². The molecule has 1 saturated carbocycles. The SMILES string of the molecule is CO[C@H]1C[C@@H]2CC[C@@H](C)[C@@](O)(O2)C(=O)C(=O)N2CCCC[C@H]2C(=O)O[C@H]([C@H](C)C[C@@H]2CC[C@@H](OC(=O)C3(C)COC(C)(C)OC3)[C@H](O[13CH3])C2)CC(=O)C(C)=CC(C)[C@@H](O[Si](C)(C)C)[C@@H](OC)C(=O)[C@H](C)C[C@H](C)C=CC=CC=C1C. The second kappa shape index (κ2) is 29.2.